The Labute approximate surface area is 223 Å². The van der Waals surface area contributed by atoms with E-state index in [1.165, 1.54) is 12.1 Å². The average Bonchev–Trinajstić information content (AvgIpc) is 3.63. The van der Waals surface area contributed by atoms with E-state index in [0.717, 1.165) is 43.4 Å². The van der Waals surface area contributed by atoms with Gasteiger partial charge in [0.15, 0.2) is 0 Å². The monoisotopic (exact) mass is 542 g/mol. The molecule has 8 nitrogen and oxygen atoms in total. The smallest absolute Gasteiger partial charge is 0.381 e. The molecule has 2 aromatic carbocycles. The van der Waals surface area contributed by atoms with Crippen molar-refractivity contribution in [2.24, 2.45) is 0 Å². The number of ether oxygens (including phenoxy) is 1. The maximum atomic E-state index is 13.6. The van der Waals surface area contributed by atoms with Crippen LogP contribution in [0.4, 0.5) is 24.5 Å². The summed E-state index contributed by atoms with van der Waals surface area (Å²) in [5, 5.41) is 9.65. The summed E-state index contributed by atoms with van der Waals surface area (Å²) in [4.78, 5) is 27.5. The lowest BCUT2D eigenvalue weighted by molar-refractivity contribution is -0.137. The number of alkyl halides is 3. The largest absolute Gasteiger partial charge is 0.416 e. The van der Waals surface area contributed by atoms with Crippen LogP contribution >= 0.6 is 0 Å². The van der Waals surface area contributed by atoms with E-state index >= 15 is 0 Å². The van der Waals surface area contributed by atoms with E-state index < -0.39 is 17.6 Å². The van der Waals surface area contributed by atoms with Gasteiger partial charge in [0.05, 0.1) is 5.56 Å². The van der Waals surface area contributed by atoms with Crippen LogP contribution in [-0.4, -0.2) is 49.3 Å². The Bertz CT molecular complexity index is 1360. The Morgan fingerprint density at radius 1 is 1.00 bits per heavy atom. The molecule has 206 valence electrons. The van der Waals surface area contributed by atoms with Crippen LogP contribution in [0.1, 0.15) is 57.7 Å². The lowest BCUT2D eigenvalue weighted by Gasteiger charge is -2.22. The number of aromatic nitrogens is 1. The summed E-state index contributed by atoms with van der Waals surface area (Å²) >= 11 is 0. The van der Waals surface area contributed by atoms with Crippen molar-refractivity contribution in [3.05, 3.63) is 64.9 Å². The normalized spacial score (nSPS) is 16.4. The molecule has 0 spiro atoms. The van der Waals surface area contributed by atoms with Gasteiger partial charge in [-0.3, -0.25) is 9.59 Å². The zero-order valence-corrected chi connectivity index (χ0v) is 21.4. The van der Waals surface area contributed by atoms with E-state index in [1.807, 2.05) is 11.8 Å². The summed E-state index contributed by atoms with van der Waals surface area (Å²) in [6.45, 7) is 4.31. The molecule has 3 heterocycles. The third-order valence-electron chi connectivity index (χ3n) is 7.04. The van der Waals surface area contributed by atoms with Gasteiger partial charge < -0.3 is 24.8 Å². The van der Waals surface area contributed by atoms with E-state index in [9.17, 15) is 22.8 Å². The van der Waals surface area contributed by atoms with Crippen molar-refractivity contribution in [2.45, 2.75) is 44.8 Å². The van der Waals surface area contributed by atoms with Crippen molar-refractivity contribution < 1.29 is 32.0 Å². The van der Waals surface area contributed by atoms with Gasteiger partial charge in [-0.25, -0.2) is 0 Å². The number of nitrogens with zero attached hydrogens (tertiary/aromatic N) is 2. The highest BCUT2D eigenvalue weighted by Crippen LogP contribution is 2.34. The van der Waals surface area contributed by atoms with Crippen molar-refractivity contribution in [2.75, 3.05) is 36.5 Å². The van der Waals surface area contributed by atoms with Crippen LogP contribution in [-0.2, 0) is 10.9 Å². The number of halogens is 3. The first kappa shape index (κ1) is 26.7. The molecule has 2 aliphatic rings. The molecule has 39 heavy (non-hydrogen) atoms. The standard InChI is InChI=1S/C28H29F3N4O4/c1-17-4-5-21(15-23(17)24-16-25(39-34-24)27(37)32-20-6-10-38-11-7-20)33-26(36)18-12-19(28(29,30)31)14-22(13-18)35-8-2-3-9-35/h4-5,12-16,20H,2-3,6-11H2,1H3,(H,32,37)(H,33,36). The summed E-state index contributed by atoms with van der Waals surface area (Å²) < 4.78 is 51.4. The van der Waals surface area contributed by atoms with E-state index in [2.05, 4.69) is 15.8 Å². The molecule has 2 fully saturated rings. The Morgan fingerprint density at radius 2 is 1.74 bits per heavy atom. The number of benzene rings is 2. The predicted octanol–water partition coefficient (Wildman–Crippen LogP) is 5.43. The summed E-state index contributed by atoms with van der Waals surface area (Å²) in [7, 11) is 0. The first-order valence-corrected chi connectivity index (χ1v) is 12.9. The molecule has 1 aromatic heterocycles. The molecule has 3 aromatic rings. The number of rotatable bonds is 6. The van der Waals surface area contributed by atoms with Gasteiger partial charge in [0.1, 0.15) is 5.69 Å². The van der Waals surface area contributed by atoms with E-state index in [0.29, 0.717) is 48.9 Å². The number of hydrogen-bond donors (Lipinski definition) is 2. The van der Waals surface area contributed by atoms with Gasteiger partial charge in [-0.1, -0.05) is 11.2 Å². The number of carbonyl (C=O) groups is 2. The van der Waals surface area contributed by atoms with Crippen LogP contribution in [0, 0.1) is 6.92 Å². The van der Waals surface area contributed by atoms with Crippen molar-refractivity contribution in [1.82, 2.24) is 10.5 Å². The minimum absolute atomic E-state index is 0.00177. The van der Waals surface area contributed by atoms with Crippen LogP contribution in [0.2, 0.25) is 0 Å². The fourth-order valence-electron chi connectivity index (χ4n) is 4.85. The van der Waals surface area contributed by atoms with Crippen LogP contribution in [0.25, 0.3) is 11.3 Å². The minimum Gasteiger partial charge on any atom is -0.381 e. The summed E-state index contributed by atoms with van der Waals surface area (Å²) in [5.41, 5.74) is 1.63. The van der Waals surface area contributed by atoms with Crippen LogP contribution < -0.4 is 15.5 Å². The Morgan fingerprint density at radius 3 is 2.46 bits per heavy atom. The lowest BCUT2D eigenvalue weighted by Crippen LogP contribution is -2.38. The highest BCUT2D eigenvalue weighted by atomic mass is 19.4. The van der Waals surface area contributed by atoms with Gasteiger partial charge >= 0.3 is 6.18 Å². The third-order valence-corrected chi connectivity index (χ3v) is 7.04. The van der Waals surface area contributed by atoms with Gasteiger partial charge in [0.25, 0.3) is 11.8 Å². The number of aryl methyl sites for hydroxylation is 1. The fraction of sp³-hybridized carbons (Fsp3) is 0.393. The number of nitrogens with one attached hydrogen (secondary N) is 2. The molecule has 0 aliphatic carbocycles. The Kier molecular flexibility index (Phi) is 7.60. The molecule has 0 unspecified atom stereocenters. The SMILES string of the molecule is Cc1ccc(NC(=O)c2cc(N3CCCC3)cc(C(F)(F)F)c2)cc1-c1cc(C(=O)NC2CCOCC2)on1. The van der Waals surface area contributed by atoms with Gasteiger partial charge in [-0.2, -0.15) is 13.2 Å². The predicted molar refractivity (Wildman–Crippen MR) is 139 cm³/mol. The first-order chi connectivity index (χ1) is 18.7. The number of hydrogen-bond acceptors (Lipinski definition) is 6. The summed E-state index contributed by atoms with van der Waals surface area (Å²) in [6.07, 6.45) is -1.35. The number of amides is 2. The molecule has 0 atom stereocenters. The molecule has 0 radical (unpaired) electrons. The lowest BCUT2D eigenvalue weighted by atomic mass is 10.0. The molecule has 2 amide bonds. The highest BCUT2D eigenvalue weighted by Gasteiger charge is 2.32. The van der Waals surface area contributed by atoms with Crippen LogP contribution in [0.15, 0.2) is 47.0 Å². The second-order valence-corrected chi connectivity index (χ2v) is 9.88. The molecule has 5 rings (SSSR count). The Balaban J connectivity index is 1.35. The second kappa shape index (κ2) is 11.1. The van der Waals surface area contributed by atoms with E-state index in [1.54, 1.807) is 18.2 Å². The first-order valence-electron chi connectivity index (χ1n) is 12.9. The van der Waals surface area contributed by atoms with Crippen LogP contribution in [0.5, 0.6) is 0 Å². The summed E-state index contributed by atoms with van der Waals surface area (Å²) in [5.74, 6) is -0.974. The molecule has 2 aliphatic heterocycles. The highest BCUT2D eigenvalue weighted by molar-refractivity contribution is 6.05. The van der Waals surface area contributed by atoms with Gasteiger partial charge in [-0.05, 0) is 68.5 Å². The van der Waals surface area contributed by atoms with Crippen LogP contribution in [0.3, 0.4) is 0 Å². The summed E-state index contributed by atoms with van der Waals surface area (Å²) in [6, 6.07) is 10.0. The van der Waals surface area contributed by atoms with E-state index in [4.69, 9.17) is 9.26 Å². The zero-order chi connectivity index (χ0) is 27.6. The molecular formula is C28H29F3N4O4. The van der Waals surface area contributed by atoms with Gasteiger partial charge in [0, 0.05) is 60.9 Å². The average molecular weight is 543 g/mol. The fourth-order valence-corrected chi connectivity index (χ4v) is 4.85. The second-order valence-electron chi connectivity index (χ2n) is 9.88. The topological polar surface area (TPSA) is 96.7 Å². The molecule has 11 heteroatoms. The minimum atomic E-state index is -4.58. The number of anilines is 2. The molecule has 0 bridgehead atoms. The van der Waals surface area contributed by atoms with Gasteiger partial charge in [0.2, 0.25) is 5.76 Å². The molecule has 2 N–H and O–H groups in total. The quantitative estimate of drug-likeness (QED) is 0.431. The van der Waals surface area contributed by atoms with Crippen molar-refractivity contribution in [1.29, 1.82) is 0 Å². The Hall–Kier alpha value is -3.86. The van der Waals surface area contributed by atoms with Crippen molar-refractivity contribution in [3.8, 4) is 11.3 Å². The maximum Gasteiger partial charge on any atom is 0.416 e. The molecule has 0 saturated carbocycles. The zero-order valence-electron chi connectivity index (χ0n) is 21.4. The van der Waals surface area contributed by atoms with E-state index in [-0.39, 0.29) is 23.3 Å². The third kappa shape index (κ3) is 6.25. The maximum absolute atomic E-state index is 13.6. The molecule has 2 saturated heterocycles. The van der Waals surface area contributed by atoms with Gasteiger partial charge in [-0.15, -0.1) is 0 Å². The molecular weight excluding hydrogens is 513 g/mol. The number of carbonyl (C=O) groups excluding carboxylic acids is 2. The van der Waals surface area contributed by atoms with Crippen molar-refractivity contribution >= 4 is 23.2 Å². The van der Waals surface area contributed by atoms with Crippen molar-refractivity contribution in [3.63, 3.8) is 0 Å².